The molecule has 0 aliphatic heterocycles. The lowest BCUT2D eigenvalue weighted by molar-refractivity contribution is 0.0698. The number of ether oxygens (including phenoxy) is 1. The van der Waals surface area contributed by atoms with Crippen LogP contribution in [0, 0.1) is 6.92 Å². The average Bonchev–Trinajstić information content (AvgIpc) is 3.11. The first-order chi connectivity index (χ1) is 14.1. The van der Waals surface area contributed by atoms with E-state index in [0.29, 0.717) is 18.1 Å². The fourth-order valence-corrected chi connectivity index (χ4v) is 3.47. The minimum Gasteiger partial charge on any atom is -0.489 e. The number of hydrogen-bond acceptors (Lipinski definition) is 2. The number of benzene rings is 3. The second-order valence-electron chi connectivity index (χ2n) is 6.83. The van der Waals surface area contributed by atoms with Gasteiger partial charge >= 0.3 is 5.97 Å². The van der Waals surface area contributed by atoms with E-state index in [4.69, 9.17) is 4.74 Å². The zero-order chi connectivity index (χ0) is 20.2. The Morgan fingerprint density at radius 2 is 1.59 bits per heavy atom. The summed E-state index contributed by atoms with van der Waals surface area (Å²) in [6.45, 7) is 2.37. The van der Waals surface area contributed by atoms with Gasteiger partial charge in [-0.25, -0.2) is 4.79 Å². The van der Waals surface area contributed by atoms with Crippen LogP contribution in [0.4, 0.5) is 0 Å². The van der Waals surface area contributed by atoms with Crippen molar-refractivity contribution in [2.45, 2.75) is 13.5 Å². The predicted octanol–water partition coefficient (Wildman–Crippen LogP) is 5.73. The normalized spacial score (nSPS) is 10.7. The summed E-state index contributed by atoms with van der Waals surface area (Å²) in [4.78, 5) is 11.9. The first kappa shape index (κ1) is 18.6. The van der Waals surface area contributed by atoms with Crippen LogP contribution in [-0.4, -0.2) is 15.6 Å². The van der Waals surface area contributed by atoms with Gasteiger partial charge in [-0.1, -0.05) is 60.7 Å². The number of carbonyl (C=O) groups is 1. The molecule has 0 spiro atoms. The highest BCUT2D eigenvalue weighted by Crippen LogP contribution is 2.33. The van der Waals surface area contributed by atoms with Crippen molar-refractivity contribution in [3.8, 4) is 22.7 Å². The van der Waals surface area contributed by atoms with Gasteiger partial charge in [-0.3, -0.25) is 0 Å². The Kier molecular flexibility index (Phi) is 5.16. The van der Waals surface area contributed by atoms with Gasteiger partial charge in [0.15, 0.2) is 0 Å². The molecular formula is C25H21NO3. The van der Waals surface area contributed by atoms with Crippen LogP contribution in [-0.2, 0) is 6.61 Å². The number of aromatic nitrogens is 1. The third kappa shape index (κ3) is 3.92. The Morgan fingerprint density at radius 1 is 0.897 bits per heavy atom. The first-order valence-corrected chi connectivity index (χ1v) is 9.41. The third-order valence-corrected chi connectivity index (χ3v) is 4.79. The summed E-state index contributed by atoms with van der Waals surface area (Å²) in [5.41, 5.74) is 4.57. The molecule has 1 heterocycles. The number of carboxylic acid groups (broad SMARTS) is 1. The predicted molar refractivity (Wildman–Crippen MR) is 114 cm³/mol. The highest BCUT2D eigenvalue weighted by atomic mass is 16.5. The molecule has 4 aromatic rings. The van der Waals surface area contributed by atoms with Crippen molar-refractivity contribution in [1.82, 2.24) is 4.57 Å². The molecule has 1 aromatic heterocycles. The van der Waals surface area contributed by atoms with E-state index in [1.807, 2.05) is 96.4 Å². The molecule has 0 unspecified atom stereocenters. The molecule has 0 atom stereocenters. The lowest BCUT2D eigenvalue weighted by atomic mass is 10.1. The maximum Gasteiger partial charge on any atom is 0.337 e. The lowest BCUT2D eigenvalue weighted by Gasteiger charge is -2.14. The molecule has 0 bridgehead atoms. The molecule has 0 amide bonds. The van der Waals surface area contributed by atoms with Crippen molar-refractivity contribution in [3.05, 3.63) is 108 Å². The second-order valence-corrected chi connectivity index (χ2v) is 6.83. The van der Waals surface area contributed by atoms with Crippen LogP contribution in [0.15, 0.2) is 91.0 Å². The summed E-state index contributed by atoms with van der Waals surface area (Å²) in [7, 11) is 0. The van der Waals surface area contributed by atoms with Crippen LogP contribution in [0.1, 0.15) is 21.6 Å². The number of carboxylic acids is 1. The zero-order valence-corrected chi connectivity index (χ0v) is 16.1. The Balaban J connectivity index is 1.75. The van der Waals surface area contributed by atoms with E-state index < -0.39 is 5.97 Å². The second kappa shape index (κ2) is 8.07. The number of para-hydroxylation sites is 1. The van der Waals surface area contributed by atoms with E-state index in [9.17, 15) is 9.90 Å². The lowest BCUT2D eigenvalue weighted by Crippen LogP contribution is -2.03. The minimum absolute atomic E-state index is 0.270. The van der Waals surface area contributed by atoms with E-state index in [-0.39, 0.29) is 5.56 Å². The van der Waals surface area contributed by atoms with E-state index in [1.54, 1.807) is 6.07 Å². The number of nitrogens with zero attached hydrogens (tertiary/aromatic N) is 1. The maximum atomic E-state index is 11.9. The van der Waals surface area contributed by atoms with Crippen molar-refractivity contribution >= 4 is 5.97 Å². The Labute approximate surface area is 169 Å². The van der Waals surface area contributed by atoms with Crippen molar-refractivity contribution in [3.63, 3.8) is 0 Å². The monoisotopic (exact) mass is 383 g/mol. The van der Waals surface area contributed by atoms with Crippen molar-refractivity contribution in [2.75, 3.05) is 0 Å². The summed E-state index contributed by atoms with van der Waals surface area (Å²) in [5.74, 6) is -0.255. The number of aryl methyl sites for hydroxylation is 1. The molecule has 29 heavy (non-hydrogen) atoms. The van der Waals surface area contributed by atoms with Gasteiger partial charge in [0, 0.05) is 16.9 Å². The molecular weight excluding hydrogens is 362 g/mol. The maximum absolute atomic E-state index is 11.9. The summed E-state index contributed by atoms with van der Waals surface area (Å²) < 4.78 is 7.92. The SMILES string of the molecule is Cc1cc(C(=O)O)c(-c2cccc(OCc3ccccc3)c2)n1-c1ccccc1. The summed E-state index contributed by atoms with van der Waals surface area (Å²) >= 11 is 0. The molecule has 0 saturated heterocycles. The smallest absolute Gasteiger partial charge is 0.337 e. The van der Waals surface area contributed by atoms with Crippen LogP contribution >= 0.6 is 0 Å². The minimum atomic E-state index is -0.951. The topological polar surface area (TPSA) is 51.5 Å². The first-order valence-electron chi connectivity index (χ1n) is 9.41. The molecule has 0 radical (unpaired) electrons. The van der Waals surface area contributed by atoms with Gasteiger partial charge in [-0.05, 0) is 42.8 Å². The number of hydrogen-bond donors (Lipinski definition) is 1. The van der Waals surface area contributed by atoms with E-state index in [1.165, 1.54) is 0 Å². The van der Waals surface area contributed by atoms with Crippen molar-refractivity contribution in [2.24, 2.45) is 0 Å². The number of aromatic carboxylic acids is 1. The highest BCUT2D eigenvalue weighted by Gasteiger charge is 2.21. The van der Waals surface area contributed by atoms with E-state index >= 15 is 0 Å². The molecule has 0 aliphatic carbocycles. The molecule has 3 aromatic carbocycles. The van der Waals surface area contributed by atoms with Gasteiger partial charge in [-0.15, -0.1) is 0 Å². The molecule has 144 valence electrons. The van der Waals surface area contributed by atoms with Gasteiger partial charge < -0.3 is 14.4 Å². The highest BCUT2D eigenvalue weighted by molar-refractivity contribution is 5.96. The molecule has 0 fully saturated rings. The van der Waals surface area contributed by atoms with E-state index in [0.717, 1.165) is 22.5 Å². The van der Waals surface area contributed by atoms with Crippen LogP contribution in [0.3, 0.4) is 0 Å². The summed E-state index contributed by atoms with van der Waals surface area (Å²) in [5, 5.41) is 9.79. The fraction of sp³-hybridized carbons (Fsp3) is 0.0800. The largest absolute Gasteiger partial charge is 0.489 e. The number of rotatable bonds is 6. The van der Waals surface area contributed by atoms with Crippen molar-refractivity contribution < 1.29 is 14.6 Å². The molecule has 4 nitrogen and oxygen atoms in total. The fourth-order valence-electron chi connectivity index (χ4n) is 3.47. The molecule has 0 saturated carbocycles. The Morgan fingerprint density at radius 3 is 2.28 bits per heavy atom. The molecule has 4 rings (SSSR count). The molecule has 1 N–H and O–H groups in total. The van der Waals surface area contributed by atoms with Gasteiger partial charge in [0.2, 0.25) is 0 Å². The summed E-state index contributed by atoms with van der Waals surface area (Å²) in [6.07, 6.45) is 0. The third-order valence-electron chi connectivity index (χ3n) is 4.79. The van der Waals surface area contributed by atoms with Gasteiger partial charge in [0.1, 0.15) is 12.4 Å². The molecule has 0 aliphatic rings. The molecule has 4 heteroatoms. The van der Waals surface area contributed by atoms with Crippen LogP contribution in [0.5, 0.6) is 5.75 Å². The standard InChI is InChI=1S/C25H21NO3/c1-18-15-23(25(27)28)24(26(18)21-12-6-3-7-13-21)20-11-8-14-22(16-20)29-17-19-9-4-2-5-10-19/h2-16H,17H2,1H3,(H,27,28). The Bertz CT molecular complexity index is 1130. The average molecular weight is 383 g/mol. The van der Waals surface area contributed by atoms with Gasteiger partial charge in [0.05, 0.1) is 11.3 Å². The van der Waals surface area contributed by atoms with Crippen LogP contribution in [0.2, 0.25) is 0 Å². The van der Waals surface area contributed by atoms with Crippen LogP contribution in [0.25, 0.3) is 16.9 Å². The van der Waals surface area contributed by atoms with Crippen LogP contribution < -0.4 is 4.74 Å². The van der Waals surface area contributed by atoms with Gasteiger partial charge in [0.25, 0.3) is 0 Å². The van der Waals surface area contributed by atoms with Crippen molar-refractivity contribution in [1.29, 1.82) is 0 Å². The summed E-state index contributed by atoms with van der Waals surface area (Å²) in [6, 6.07) is 29.0. The van der Waals surface area contributed by atoms with Gasteiger partial charge in [-0.2, -0.15) is 0 Å². The van der Waals surface area contributed by atoms with E-state index in [2.05, 4.69) is 0 Å². The zero-order valence-electron chi connectivity index (χ0n) is 16.1. The quantitative estimate of drug-likeness (QED) is 0.463. The Hall–Kier alpha value is -3.79.